The van der Waals surface area contributed by atoms with Crippen molar-refractivity contribution in [1.29, 1.82) is 0 Å². The summed E-state index contributed by atoms with van der Waals surface area (Å²) in [7, 11) is 2.75. The second kappa shape index (κ2) is 11.7. The molecule has 0 saturated heterocycles. The van der Waals surface area contributed by atoms with E-state index in [0.717, 1.165) is 17.7 Å². The minimum atomic E-state index is -4.55. The van der Waals surface area contributed by atoms with Gasteiger partial charge in [-0.25, -0.2) is 0 Å². The number of halogens is 3. The Bertz CT molecular complexity index is 1210. The predicted octanol–water partition coefficient (Wildman–Crippen LogP) is 5.69. The van der Waals surface area contributed by atoms with Crippen molar-refractivity contribution in [2.45, 2.75) is 32.5 Å². The molecule has 0 unspecified atom stereocenters. The molecule has 1 amide bonds. The van der Waals surface area contributed by atoms with E-state index in [0.29, 0.717) is 41.0 Å². The van der Waals surface area contributed by atoms with Crippen LogP contribution in [-0.2, 0) is 39.9 Å². The molecular formula is C28H28F3NO4. The summed E-state index contributed by atoms with van der Waals surface area (Å²) in [4.78, 5) is 25.8. The van der Waals surface area contributed by atoms with Crippen molar-refractivity contribution in [3.63, 3.8) is 0 Å². The van der Waals surface area contributed by atoms with E-state index in [-0.39, 0.29) is 18.9 Å². The van der Waals surface area contributed by atoms with Crippen molar-refractivity contribution in [1.82, 2.24) is 4.90 Å². The molecule has 0 radical (unpaired) electrons. The van der Waals surface area contributed by atoms with Crippen LogP contribution in [-0.4, -0.2) is 37.5 Å². The third-order valence-electron chi connectivity index (χ3n) is 5.88. The average Bonchev–Trinajstić information content (AvgIpc) is 2.86. The average molecular weight is 500 g/mol. The Labute approximate surface area is 208 Å². The largest absolute Gasteiger partial charge is 0.496 e. The fourth-order valence-electron chi connectivity index (χ4n) is 3.94. The van der Waals surface area contributed by atoms with Crippen LogP contribution in [0.4, 0.5) is 13.2 Å². The summed E-state index contributed by atoms with van der Waals surface area (Å²) in [5.74, 6) is -0.258. The summed E-state index contributed by atoms with van der Waals surface area (Å²) >= 11 is 0. The van der Waals surface area contributed by atoms with Crippen LogP contribution in [0.1, 0.15) is 29.2 Å². The molecule has 0 atom stereocenters. The Morgan fingerprint density at radius 2 is 1.61 bits per heavy atom. The Morgan fingerprint density at radius 3 is 2.22 bits per heavy atom. The first-order valence-electron chi connectivity index (χ1n) is 11.4. The number of carbonyl (C=O) groups excluding carboxylic acids is 2. The Balaban J connectivity index is 2.04. The van der Waals surface area contributed by atoms with Crippen molar-refractivity contribution in [2.75, 3.05) is 20.8 Å². The van der Waals surface area contributed by atoms with Crippen LogP contribution in [0.2, 0.25) is 0 Å². The standard InChI is InChI=1S/C28H28F3NO4/c1-19(33)32(14-13-20-7-5-4-6-8-20)18-22-17-23(28(29,30)31)10-11-24(22)25-15-21(16-27(34)36-3)9-12-26(25)35-2/h4-12,15,17H,13-14,16,18H2,1-3H3. The molecular weight excluding hydrogens is 471 g/mol. The molecule has 0 aliphatic heterocycles. The van der Waals surface area contributed by atoms with E-state index in [9.17, 15) is 22.8 Å². The number of nitrogens with zero attached hydrogens (tertiary/aromatic N) is 1. The highest BCUT2D eigenvalue weighted by molar-refractivity contribution is 5.78. The topological polar surface area (TPSA) is 55.8 Å². The molecule has 0 aromatic heterocycles. The SMILES string of the molecule is COC(=O)Cc1ccc(OC)c(-c2ccc(C(F)(F)F)cc2CN(CCc2ccccc2)C(C)=O)c1. The minimum Gasteiger partial charge on any atom is -0.496 e. The monoisotopic (exact) mass is 499 g/mol. The Morgan fingerprint density at radius 1 is 0.889 bits per heavy atom. The molecule has 0 spiro atoms. The highest BCUT2D eigenvalue weighted by atomic mass is 19.4. The molecule has 36 heavy (non-hydrogen) atoms. The molecule has 5 nitrogen and oxygen atoms in total. The number of hydrogen-bond donors (Lipinski definition) is 0. The summed E-state index contributed by atoms with van der Waals surface area (Å²) in [6.07, 6.45) is -3.98. The van der Waals surface area contributed by atoms with E-state index in [1.165, 1.54) is 32.1 Å². The van der Waals surface area contributed by atoms with Crippen LogP contribution in [0.5, 0.6) is 5.75 Å². The van der Waals surface area contributed by atoms with Crippen LogP contribution >= 0.6 is 0 Å². The molecule has 0 aliphatic rings. The molecule has 8 heteroatoms. The Kier molecular flexibility index (Phi) is 8.74. The maximum atomic E-state index is 13.6. The molecule has 190 valence electrons. The molecule has 3 rings (SSSR count). The second-order valence-electron chi connectivity index (χ2n) is 8.33. The van der Waals surface area contributed by atoms with Gasteiger partial charge in [0.25, 0.3) is 0 Å². The summed E-state index contributed by atoms with van der Waals surface area (Å²) in [6.45, 7) is 1.72. The highest BCUT2D eigenvalue weighted by Gasteiger charge is 2.31. The van der Waals surface area contributed by atoms with Crippen LogP contribution in [0.3, 0.4) is 0 Å². The lowest BCUT2D eigenvalue weighted by molar-refractivity contribution is -0.140. The van der Waals surface area contributed by atoms with Crippen LogP contribution in [0.25, 0.3) is 11.1 Å². The molecule has 3 aromatic carbocycles. The zero-order chi connectivity index (χ0) is 26.3. The third-order valence-corrected chi connectivity index (χ3v) is 5.88. The van der Waals surface area contributed by atoms with Crippen molar-refractivity contribution in [2.24, 2.45) is 0 Å². The number of hydrogen-bond acceptors (Lipinski definition) is 4. The van der Waals surface area contributed by atoms with Gasteiger partial charge in [-0.3, -0.25) is 9.59 Å². The fraction of sp³-hybridized carbons (Fsp3) is 0.286. The van der Waals surface area contributed by atoms with Crippen LogP contribution in [0.15, 0.2) is 66.7 Å². The van der Waals surface area contributed by atoms with Gasteiger partial charge < -0.3 is 14.4 Å². The minimum absolute atomic E-state index is 0.000108. The lowest BCUT2D eigenvalue weighted by atomic mass is 9.94. The Hall–Kier alpha value is -3.81. The number of carbonyl (C=O) groups is 2. The van der Waals surface area contributed by atoms with Gasteiger partial charge in [-0.15, -0.1) is 0 Å². The molecule has 3 aromatic rings. The van der Waals surface area contributed by atoms with Gasteiger partial charge in [0.15, 0.2) is 0 Å². The van der Waals surface area contributed by atoms with Gasteiger partial charge in [0.05, 0.1) is 26.2 Å². The fourth-order valence-corrected chi connectivity index (χ4v) is 3.94. The smallest absolute Gasteiger partial charge is 0.416 e. The summed E-state index contributed by atoms with van der Waals surface area (Å²) in [5.41, 5.74) is 2.16. The number of rotatable bonds is 9. The van der Waals surface area contributed by atoms with Crippen molar-refractivity contribution >= 4 is 11.9 Å². The molecule has 0 heterocycles. The number of benzene rings is 3. The molecule has 0 bridgehead atoms. The number of esters is 1. The molecule has 0 aliphatic carbocycles. The van der Waals surface area contributed by atoms with Crippen molar-refractivity contribution < 1.29 is 32.2 Å². The second-order valence-corrected chi connectivity index (χ2v) is 8.33. The van der Waals surface area contributed by atoms with Crippen LogP contribution < -0.4 is 4.74 Å². The quantitative estimate of drug-likeness (QED) is 0.355. The number of amides is 1. The van der Waals surface area contributed by atoms with E-state index >= 15 is 0 Å². The maximum Gasteiger partial charge on any atom is 0.416 e. The van der Waals surface area contributed by atoms with E-state index in [1.807, 2.05) is 30.3 Å². The van der Waals surface area contributed by atoms with Crippen molar-refractivity contribution in [3.8, 4) is 16.9 Å². The lowest BCUT2D eigenvalue weighted by Gasteiger charge is -2.24. The first-order valence-corrected chi connectivity index (χ1v) is 11.4. The van der Waals surface area contributed by atoms with Crippen molar-refractivity contribution in [3.05, 3.63) is 89.0 Å². The number of methoxy groups -OCH3 is 2. The predicted molar refractivity (Wildman–Crippen MR) is 130 cm³/mol. The van der Waals surface area contributed by atoms with Gasteiger partial charge in [-0.05, 0) is 52.9 Å². The first kappa shape index (κ1) is 26.8. The highest BCUT2D eigenvalue weighted by Crippen LogP contribution is 2.38. The van der Waals surface area contributed by atoms with Gasteiger partial charge in [0.1, 0.15) is 5.75 Å². The van der Waals surface area contributed by atoms with E-state index in [1.54, 1.807) is 18.2 Å². The number of ether oxygens (including phenoxy) is 2. The lowest BCUT2D eigenvalue weighted by Crippen LogP contribution is -2.30. The molecule has 0 fully saturated rings. The summed E-state index contributed by atoms with van der Waals surface area (Å²) in [5, 5.41) is 0. The molecule has 0 saturated carbocycles. The normalized spacial score (nSPS) is 11.2. The summed E-state index contributed by atoms with van der Waals surface area (Å²) < 4.78 is 51.0. The third kappa shape index (κ3) is 6.87. The number of alkyl halides is 3. The van der Waals surface area contributed by atoms with E-state index in [4.69, 9.17) is 9.47 Å². The zero-order valence-corrected chi connectivity index (χ0v) is 20.4. The van der Waals surface area contributed by atoms with Gasteiger partial charge >= 0.3 is 12.1 Å². The van der Waals surface area contributed by atoms with Crippen LogP contribution in [0, 0.1) is 0 Å². The first-order chi connectivity index (χ1) is 17.1. The van der Waals surface area contributed by atoms with E-state index in [2.05, 4.69) is 0 Å². The summed E-state index contributed by atoms with van der Waals surface area (Å²) in [6, 6.07) is 18.1. The van der Waals surface area contributed by atoms with Gasteiger partial charge in [-0.1, -0.05) is 42.5 Å². The zero-order valence-electron chi connectivity index (χ0n) is 20.4. The van der Waals surface area contributed by atoms with E-state index < -0.39 is 17.7 Å². The van der Waals surface area contributed by atoms with Gasteiger partial charge in [-0.2, -0.15) is 13.2 Å². The van der Waals surface area contributed by atoms with Gasteiger partial charge in [0, 0.05) is 25.6 Å². The molecule has 0 N–H and O–H groups in total. The van der Waals surface area contributed by atoms with Gasteiger partial charge in [0.2, 0.25) is 5.91 Å². The maximum absolute atomic E-state index is 13.6.